The van der Waals surface area contributed by atoms with Crippen molar-refractivity contribution in [3.63, 3.8) is 0 Å². The molecule has 0 radical (unpaired) electrons. The molecule has 0 atom stereocenters. The molecule has 8 heteroatoms. The lowest BCUT2D eigenvalue weighted by Crippen LogP contribution is -2.32. The molecule has 0 aliphatic heterocycles. The van der Waals surface area contributed by atoms with E-state index in [1.807, 2.05) is 24.3 Å². The summed E-state index contributed by atoms with van der Waals surface area (Å²) in [6.45, 7) is 1.73. The van der Waals surface area contributed by atoms with Crippen LogP contribution in [0.5, 0.6) is 0 Å². The maximum Gasteiger partial charge on any atom is 0.239 e. The van der Waals surface area contributed by atoms with Crippen molar-refractivity contribution in [2.24, 2.45) is 0 Å². The van der Waals surface area contributed by atoms with Gasteiger partial charge in [-0.05, 0) is 30.3 Å². The molecule has 0 saturated carbocycles. The number of carbonyl (C=O) groups is 2. The number of rotatable bonds is 5. The Kier molecular flexibility index (Phi) is 5.37. The van der Waals surface area contributed by atoms with Crippen molar-refractivity contribution < 1.29 is 14.0 Å². The molecular formula is C16H13BrN2O3S2. The van der Waals surface area contributed by atoms with E-state index in [0.717, 1.165) is 26.5 Å². The highest BCUT2D eigenvalue weighted by atomic mass is 79.9. The van der Waals surface area contributed by atoms with Crippen LogP contribution in [0, 0.1) is 0 Å². The van der Waals surface area contributed by atoms with Crippen LogP contribution in [0.2, 0.25) is 0 Å². The van der Waals surface area contributed by atoms with Gasteiger partial charge in [0.2, 0.25) is 5.91 Å². The van der Waals surface area contributed by atoms with Gasteiger partial charge in [0, 0.05) is 11.4 Å². The highest BCUT2D eigenvalue weighted by Crippen LogP contribution is 2.32. The molecule has 0 aliphatic rings. The maximum atomic E-state index is 12.6. The molecule has 1 amide bonds. The van der Waals surface area contributed by atoms with Gasteiger partial charge in [0.05, 0.1) is 28.8 Å². The van der Waals surface area contributed by atoms with Gasteiger partial charge in [0.1, 0.15) is 5.76 Å². The molecule has 0 unspecified atom stereocenters. The first-order valence-electron chi connectivity index (χ1n) is 7.05. The third-order valence-electron chi connectivity index (χ3n) is 3.16. The molecule has 3 aromatic rings. The molecule has 2 heterocycles. The highest BCUT2D eigenvalue weighted by Gasteiger charge is 2.21. The van der Waals surface area contributed by atoms with Crippen molar-refractivity contribution in [1.82, 2.24) is 4.98 Å². The fraction of sp³-hybridized carbons (Fsp3) is 0.188. The number of nitrogens with zero attached hydrogens (tertiary/aromatic N) is 2. The maximum absolute atomic E-state index is 12.6. The first-order chi connectivity index (χ1) is 11.5. The van der Waals surface area contributed by atoms with Crippen LogP contribution in [0.25, 0.3) is 10.2 Å². The van der Waals surface area contributed by atoms with Crippen molar-refractivity contribution in [3.8, 4) is 0 Å². The van der Waals surface area contributed by atoms with Crippen LogP contribution in [0.15, 0.2) is 45.5 Å². The predicted octanol–water partition coefficient (Wildman–Crippen LogP) is 4.46. The lowest BCUT2D eigenvalue weighted by atomic mass is 10.3. The van der Waals surface area contributed by atoms with Gasteiger partial charge in [-0.3, -0.25) is 14.5 Å². The molecule has 1 aromatic carbocycles. The fourth-order valence-electron chi connectivity index (χ4n) is 2.06. The Hall–Kier alpha value is -1.64. The third kappa shape index (κ3) is 4.06. The van der Waals surface area contributed by atoms with Gasteiger partial charge in [0.25, 0.3) is 0 Å². The molecule has 0 spiro atoms. The predicted molar refractivity (Wildman–Crippen MR) is 100 cm³/mol. The Labute approximate surface area is 155 Å². The van der Waals surface area contributed by atoms with E-state index in [4.69, 9.17) is 4.42 Å². The van der Waals surface area contributed by atoms with Crippen molar-refractivity contribution in [3.05, 3.63) is 46.8 Å². The lowest BCUT2D eigenvalue weighted by molar-refractivity contribution is -0.116. The van der Waals surface area contributed by atoms with E-state index in [1.54, 1.807) is 17.2 Å². The number of aromatic nitrogens is 1. The van der Waals surface area contributed by atoms with E-state index in [9.17, 15) is 9.59 Å². The van der Waals surface area contributed by atoms with Gasteiger partial charge < -0.3 is 4.42 Å². The molecule has 2 aromatic heterocycles. The third-order valence-corrected chi connectivity index (χ3v) is 5.50. The molecule has 5 nitrogen and oxygen atoms in total. The molecule has 3 rings (SSSR count). The molecule has 0 fully saturated rings. The summed E-state index contributed by atoms with van der Waals surface area (Å²) in [5.74, 6) is 0.566. The highest BCUT2D eigenvalue weighted by molar-refractivity contribution is 9.10. The molecule has 124 valence electrons. The van der Waals surface area contributed by atoms with Crippen molar-refractivity contribution in [2.75, 3.05) is 10.7 Å². The number of carbonyl (C=O) groups excluding carboxylic acids is 2. The van der Waals surface area contributed by atoms with Crippen LogP contribution < -0.4 is 4.90 Å². The Bertz CT molecular complexity index is 877. The summed E-state index contributed by atoms with van der Waals surface area (Å²) < 4.78 is 7.30. The number of thioether (sulfide) groups is 1. The van der Waals surface area contributed by atoms with E-state index in [2.05, 4.69) is 20.9 Å². The van der Waals surface area contributed by atoms with Gasteiger partial charge in [-0.1, -0.05) is 39.0 Å². The van der Waals surface area contributed by atoms with Crippen LogP contribution >= 0.6 is 39.0 Å². The second-order valence-corrected chi connectivity index (χ2v) is 8.03. The lowest BCUT2D eigenvalue weighted by Gasteiger charge is -2.18. The number of furan rings is 1. The van der Waals surface area contributed by atoms with Gasteiger partial charge in [-0.2, -0.15) is 0 Å². The number of benzene rings is 1. The Morgan fingerprint density at radius 3 is 2.92 bits per heavy atom. The number of halogens is 1. The van der Waals surface area contributed by atoms with Gasteiger partial charge in [0.15, 0.2) is 10.2 Å². The first-order valence-corrected chi connectivity index (χ1v) is 9.64. The average Bonchev–Trinajstić information content (AvgIpc) is 3.18. The van der Waals surface area contributed by atoms with Gasteiger partial charge in [-0.25, -0.2) is 4.98 Å². The summed E-state index contributed by atoms with van der Waals surface area (Å²) >= 11 is 5.86. The molecule has 24 heavy (non-hydrogen) atoms. The average molecular weight is 425 g/mol. The first kappa shape index (κ1) is 17.2. The van der Waals surface area contributed by atoms with Crippen LogP contribution in [0.3, 0.4) is 0 Å². The van der Waals surface area contributed by atoms with Crippen LogP contribution in [0.4, 0.5) is 5.13 Å². The molecule has 0 N–H and O–H groups in total. The van der Waals surface area contributed by atoms with Gasteiger partial charge >= 0.3 is 0 Å². The summed E-state index contributed by atoms with van der Waals surface area (Å²) in [7, 11) is 0. The number of hydrogen-bond acceptors (Lipinski definition) is 6. The van der Waals surface area contributed by atoms with Crippen LogP contribution in [-0.2, 0) is 16.1 Å². The minimum atomic E-state index is -0.176. The zero-order chi connectivity index (χ0) is 17.1. The van der Waals surface area contributed by atoms with E-state index >= 15 is 0 Å². The zero-order valence-corrected chi connectivity index (χ0v) is 15.9. The zero-order valence-electron chi connectivity index (χ0n) is 12.7. The van der Waals surface area contributed by atoms with Crippen molar-refractivity contribution >= 4 is 65.4 Å². The van der Waals surface area contributed by atoms with E-state index < -0.39 is 0 Å². The van der Waals surface area contributed by atoms with Gasteiger partial charge in [-0.15, -0.1) is 0 Å². The van der Waals surface area contributed by atoms with Crippen molar-refractivity contribution in [1.29, 1.82) is 0 Å². The Balaban J connectivity index is 1.92. The quantitative estimate of drug-likeness (QED) is 0.604. The number of fused-ring (bicyclic) bond motifs is 1. The summed E-state index contributed by atoms with van der Waals surface area (Å²) in [5, 5.41) is 0.503. The second-order valence-electron chi connectivity index (χ2n) is 4.95. The smallest absolute Gasteiger partial charge is 0.239 e. The molecule has 0 aliphatic carbocycles. The van der Waals surface area contributed by atoms with E-state index in [0.29, 0.717) is 10.9 Å². The number of hydrogen-bond donors (Lipinski definition) is 0. The molecule has 0 saturated heterocycles. The topological polar surface area (TPSA) is 63.4 Å². The van der Waals surface area contributed by atoms with E-state index in [1.165, 1.54) is 18.3 Å². The Morgan fingerprint density at radius 2 is 2.21 bits per heavy atom. The normalized spacial score (nSPS) is 10.9. The number of amides is 1. The van der Waals surface area contributed by atoms with Crippen LogP contribution in [-0.4, -0.2) is 21.8 Å². The monoisotopic (exact) mass is 424 g/mol. The number of thiazole rings is 1. The summed E-state index contributed by atoms with van der Waals surface area (Å²) in [6.07, 6.45) is 1.57. The van der Waals surface area contributed by atoms with E-state index in [-0.39, 0.29) is 23.3 Å². The van der Waals surface area contributed by atoms with Crippen molar-refractivity contribution in [2.45, 2.75) is 13.5 Å². The largest absolute Gasteiger partial charge is 0.467 e. The standard InChI is InChI=1S/C16H13BrN2O3S2/c1-10(20)23-9-15(21)19(8-12-3-2-6-22-12)16-18-13-5-4-11(17)7-14(13)24-16/h2-7H,8-9H2,1H3. The second kappa shape index (κ2) is 7.50. The minimum absolute atomic E-state index is 0.0790. The Morgan fingerprint density at radius 1 is 1.38 bits per heavy atom. The summed E-state index contributed by atoms with van der Waals surface area (Å²) in [4.78, 5) is 29.9. The SMILES string of the molecule is CC(=O)SCC(=O)N(Cc1ccco1)c1nc2ccc(Br)cc2s1. The number of anilines is 1. The summed E-state index contributed by atoms with van der Waals surface area (Å²) in [5.41, 5.74) is 0.828. The minimum Gasteiger partial charge on any atom is -0.467 e. The van der Waals surface area contributed by atoms with Crippen LogP contribution in [0.1, 0.15) is 12.7 Å². The molecule has 0 bridgehead atoms. The molecular weight excluding hydrogens is 412 g/mol. The summed E-state index contributed by atoms with van der Waals surface area (Å²) in [6, 6.07) is 9.37. The fourth-order valence-corrected chi connectivity index (χ4v) is 4.08.